The van der Waals surface area contributed by atoms with Gasteiger partial charge in [-0.15, -0.1) is 13.0 Å². The molecular weight excluding hydrogens is 204 g/mol. The van der Waals surface area contributed by atoms with E-state index in [1.165, 1.54) is 12.3 Å². The lowest BCUT2D eigenvalue weighted by molar-refractivity contribution is 0.0690. The summed E-state index contributed by atoms with van der Waals surface area (Å²) >= 11 is 0. The first kappa shape index (κ1) is 11.8. The van der Waals surface area contributed by atoms with E-state index in [4.69, 9.17) is 11.5 Å². The number of nitrogens with zero attached hydrogens (tertiary/aromatic N) is 2. The molecule has 4 nitrogen and oxygen atoms in total. The smallest absolute Gasteiger partial charge is 0.354 e. The van der Waals surface area contributed by atoms with Crippen LogP contribution in [0.5, 0.6) is 0 Å². The maximum absolute atomic E-state index is 10.6. The van der Waals surface area contributed by atoms with Crippen molar-refractivity contribution in [2.24, 2.45) is 0 Å². The molecule has 0 aliphatic rings. The van der Waals surface area contributed by atoms with Crippen molar-refractivity contribution in [1.82, 2.24) is 4.98 Å². The van der Waals surface area contributed by atoms with Gasteiger partial charge < -0.3 is 10.0 Å². The van der Waals surface area contributed by atoms with Gasteiger partial charge in [0, 0.05) is 6.54 Å². The molecule has 0 radical (unpaired) electrons. The summed E-state index contributed by atoms with van der Waals surface area (Å²) in [6.45, 7) is 4.66. The van der Waals surface area contributed by atoms with Gasteiger partial charge in [-0.1, -0.05) is 12.0 Å². The zero-order chi connectivity index (χ0) is 12.0. The molecule has 4 heteroatoms. The fraction of sp³-hybridized carbons (Fsp3) is 0.167. The van der Waals surface area contributed by atoms with Gasteiger partial charge in [0.15, 0.2) is 0 Å². The van der Waals surface area contributed by atoms with Gasteiger partial charge in [-0.25, -0.2) is 9.78 Å². The fourth-order valence-corrected chi connectivity index (χ4v) is 1.23. The average Bonchev–Trinajstić information content (AvgIpc) is 2.29. The summed E-state index contributed by atoms with van der Waals surface area (Å²) in [5.74, 6) is 1.48. The normalized spacial score (nSPS) is 9.19. The van der Waals surface area contributed by atoms with Gasteiger partial charge >= 0.3 is 5.97 Å². The third-order valence-electron chi connectivity index (χ3n) is 1.96. The van der Waals surface area contributed by atoms with Crippen LogP contribution in [-0.2, 0) is 0 Å². The molecule has 0 aliphatic carbocycles. The largest absolute Gasteiger partial charge is 0.477 e. The molecule has 0 bridgehead atoms. The van der Waals surface area contributed by atoms with E-state index in [9.17, 15) is 4.79 Å². The van der Waals surface area contributed by atoms with E-state index in [0.717, 1.165) is 5.69 Å². The molecule has 1 aromatic rings. The first-order chi connectivity index (χ1) is 7.69. The standard InChI is InChI=1S/C12H12N2O2/c1-3-7-14(8-4-2)10-5-6-11(12(15)16)13-9-10/h1,4-6,9H,2,7-8H2,(H,15,16). The third kappa shape index (κ3) is 2.85. The lowest BCUT2D eigenvalue weighted by Crippen LogP contribution is -2.23. The Morgan fingerprint density at radius 2 is 2.44 bits per heavy atom. The zero-order valence-corrected chi connectivity index (χ0v) is 8.76. The van der Waals surface area contributed by atoms with Crippen LogP contribution < -0.4 is 4.90 Å². The van der Waals surface area contributed by atoms with Crippen LogP contribution in [0.3, 0.4) is 0 Å². The van der Waals surface area contributed by atoms with Gasteiger partial charge in [-0.2, -0.15) is 0 Å². The summed E-state index contributed by atoms with van der Waals surface area (Å²) in [5, 5.41) is 8.70. The van der Waals surface area contributed by atoms with E-state index in [1.54, 1.807) is 12.1 Å². The number of carbonyl (C=O) groups is 1. The SMILES string of the molecule is C#CCN(CC=C)c1ccc(C(=O)O)nc1. The highest BCUT2D eigenvalue weighted by molar-refractivity contribution is 5.85. The maximum atomic E-state index is 10.6. The Hall–Kier alpha value is -2.28. The maximum Gasteiger partial charge on any atom is 0.354 e. The van der Waals surface area contributed by atoms with Crippen molar-refractivity contribution in [2.75, 3.05) is 18.0 Å². The number of carboxylic acids is 1. The predicted octanol–water partition coefficient (Wildman–Crippen LogP) is 1.41. The second kappa shape index (κ2) is 5.56. The molecule has 0 unspecified atom stereocenters. The first-order valence-corrected chi connectivity index (χ1v) is 4.67. The third-order valence-corrected chi connectivity index (χ3v) is 1.96. The van der Waals surface area contributed by atoms with Crippen LogP contribution in [0.2, 0.25) is 0 Å². The van der Waals surface area contributed by atoms with Gasteiger partial charge in [0.1, 0.15) is 5.69 Å². The minimum atomic E-state index is -1.04. The summed E-state index contributed by atoms with van der Waals surface area (Å²) in [5.41, 5.74) is 0.797. The van der Waals surface area contributed by atoms with Crippen LogP contribution in [0.25, 0.3) is 0 Å². The van der Waals surface area contributed by atoms with Crippen LogP contribution in [-0.4, -0.2) is 29.1 Å². The molecule has 0 spiro atoms. The lowest BCUT2D eigenvalue weighted by Gasteiger charge is -2.19. The fourth-order valence-electron chi connectivity index (χ4n) is 1.23. The number of carboxylic acid groups (broad SMARTS) is 1. The van der Waals surface area contributed by atoms with E-state index in [0.29, 0.717) is 13.1 Å². The van der Waals surface area contributed by atoms with Crippen molar-refractivity contribution in [3.63, 3.8) is 0 Å². The van der Waals surface area contributed by atoms with Crippen LogP contribution >= 0.6 is 0 Å². The number of pyridine rings is 1. The second-order valence-electron chi connectivity index (χ2n) is 3.08. The monoisotopic (exact) mass is 216 g/mol. The Bertz CT molecular complexity index is 418. The van der Waals surface area contributed by atoms with Gasteiger partial charge in [-0.3, -0.25) is 0 Å². The number of aromatic nitrogens is 1. The summed E-state index contributed by atoms with van der Waals surface area (Å²) in [7, 11) is 0. The molecular formula is C12H12N2O2. The van der Waals surface area contributed by atoms with E-state index in [-0.39, 0.29) is 5.69 Å². The van der Waals surface area contributed by atoms with Crippen molar-refractivity contribution in [3.05, 3.63) is 36.7 Å². The summed E-state index contributed by atoms with van der Waals surface area (Å²) in [6.07, 6.45) is 8.45. The summed E-state index contributed by atoms with van der Waals surface area (Å²) in [4.78, 5) is 16.3. The Morgan fingerprint density at radius 3 is 2.88 bits per heavy atom. The molecule has 1 rings (SSSR count). The van der Waals surface area contributed by atoms with Crippen molar-refractivity contribution in [3.8, 4) is 12.3 Å². The minimum Gasteiger partial charge on any atom is -0.477 e. The van der Waals surface area contributed by atoms with Crippen LogP contribution in [0.15, 0.2) is 31.0 Å². The van der Waals surface area contributed by atoms with Crippen molar-refractivity contribution in [1.29, 1.82) is 0 Å². The highest BCUT2D eigenvalue weighted by Gasteiger charge is 2.07. The molecule has 0 amide bonds. The molecule has 1 heterocycles. The molecule has 0 aromatic carbocycles. The highest BCUT2D eigenvalue weighted by atomic mass is 16.4. The van der Waals surface area contributed by atoms with Gasteiger partial charge in [0.25, 0.3) is 0 Å². The first-order valence-electron chi connectivity index (χ1n) is 4.67. The Kier molecular flexibility index (Phi) is 4.10. The minimum absolute atomic E-state index is 0.0167. The number of aromatic carboxylic acids is 1. The van der Waals surface area contributed by atoms with Crippen LogP contribution in [0.1, 0.15) is 10.5 Å². The highest BCUT2D eigenvalue weighted by Crippen LogP contribution is 2.12. The predicted molar refractivity (Wildman–Crippen MR) is 62.4 cm³/mol. The molecule has 0 saturated carbocycles. The number of hydrogen-bond donors (Lipinski definition) is 1. The summed E-state index contributed by atoms with van der Waals surface area (Å²) in [6, 6.07) is 3.13. The topological polar surface area (TPSA) is 53.4 Å². The van der Waals surface area contributed by atoms with Gasteiger partial charge in [0.2, 0.25) is 0 Å². The van der Waals surface area contributed by atoms with E-state index in [2.05, 4.69) is 17.5 Å². The number of terminal acetylenes is 1. The molecule has 16 heavy (non-hydrogen) atoms. The summed E-state index contributed by atoms with van der Waals surface area (Å²) < 4.78 is 0. The lowest BCUT2D eigenvalue weighted by atomic mass is 10.3. The molecule has 1 N–H and O–H groups in total. The van der Waals surface area contributed by atoms with Gasteiger partial charge in [-0.05, 0) is 12.1 Å². The van der Waals surface area contributed by atoms with Gasteiger partial charge in [0.05, 0.1) is 18.4 Å². The number of anilines is 1. The molecule has 0 aliphatic heterocycles. The quantitative estimate of drug-likeness (QED) is 0.597. The number of hydrogen-bond acceptors (Lipinski definition) is 3. The van der Waals surface area contributed by atoms with Crippen LogP contribution in [0, 0.1) is 12.3 Å². The molecule has 1 aromatic heterocycles. The molecule has 0 saturated heterocycles. The van der Waals surface area contributed by atoms with Crippen LogP contribution in [0.4, 0.5) is 5.69 Å². The number of rotatable bonds is 5. The Morgan fingerprint density at radius 1 is 1.69 bits per heavy atom. The molecule has 0 atom stereocenters. The van der Waals surface area contributed by atoms with E-state index < -0.39 is 5.97 Å². The van der Waals surface area contributed by atoms with Crippen molar-refractivity contribution in [2.45, 2.75) is 0 Å². The van der Waals surface area contributed by atoms with Crippen molar-refractivity contribution < 1.29 is 9.90 Å². The van der Waals surface area contributed by atoms with Crippen molar-refractivity contribution >= 4 is 11.7 Å². The molecule has 82 valence electrons. The van der Waals surface area contributed by atoms with E-state index in [1.807, 2.05) is 4.90 Å². The zero-order valence-electron chi connectivity index (χ0n) is 8.76. The molecule has 0 fully saturated rings. The Balaban J connectivity index is 2.89. The second-order valence-corrected chi connectivity index (χ2v) is 3.08. The average molecular weight is 216 g/mol. The van der Waals surface area contributed by atoms with E-state index >= 15 is 0 Å². The Labute approximate surface area is 94.2 Å².